The van der Waals surface area contributed by atoms with Crippen LogP contribution < -0.4 is 0 Å². The van der Waals surface area contributed by atoms with Crippen LogP contribution in [0, 0.1) is 5.82 Å². The number of benzene rings is 1. The molecular weight excluding hydrogens is 362 g/mol. The highest BCUT2D eigenvalue weighted by molar-refractivity contribution is 14.1. The molecule has 1 aromatic carbocycles. The van der Waals surface area contributed by atoms with E-state index in [1.807, 2.05) is 6.07 Å². The SMILES string of the molecule is COCCOCCCOC(CI)c1cccc(F)c1. The Labute approximate surface area is 127 Å². The molecule has 0 N–H and O–H groups in total. The summed E-state index contributed by atoms with van der Waals surface area (Å²) in [6.45, 7) is 2.48. The average molecular weight is 382 g/mol. The first-order chi connectivity index (χ1) is 9.27. The molecule has 0 amide bonds. The van der Waals surface area contributed by atoms with E-state index in [-0.39, 0.29) is 11.9 Å². The minimum Gasteiger partial charge on any atom is -0.382 e. The Hall–Kier alpha value is -0.240. The number of alkyl halides is 1. The number of halogens is 2. The first-order valence-electron chi connectivity index (χ1n) is 6.27. The lowest BCUT2D eigenvalue weighted by atomic mass is 10.1. The second-order valence-electron chi connectivity index (χ2n) is 4.03. The maximum atomic E-state index is 13.1. The van der Waals surface area contributed by atoms with Crippen LogP contribution in [0.4, 0.5) is 4.39 Å². The molecule has 0 fully saturated rings. The summed E-state index contributed by atoms with van der Waals surface area (Å²) in [6.07, 6.45) is 0.766. The average Bonchev–Trinajstić information content (AvgIpc) is 2.42. The van der Waals surface area contributed by atoms with Crippen LogP contribution in [0.2, 0.25) is 0 Å². The van der Waals surface area contributed by atoms with Crippen LogP contribution in [0.5, 0.6) is 0 Å². The normalized spacial score (nSPS) is 12.6. The van der Waals surface area contributed by atoms with Crippen LogP contribution in [-0.4, -0.2) is 38.0 Å². The molecule has 0 radical (unpaired) electrons. The maximum absolute atomic E-state index is 13.1. The fourth-order valence-corrected chi connectivity index (χ4v) is 2.33. The first kappa shape index (κ1) is 16.8. The minimum absolute atomic E-state index is 0.0599. The van der Waals surface area contributed by atoms with Crippen molar-refractivity contribution >= 4 is 22.6 Å². The van der Waals surface area contributed by atoms with E-state index < -0.39 is 0 Å². The molecule has 0 aromatic heterocycles. The largest absolute Gasteiger partial charge is 0.382 e. The summed E-state index contributed by atoms with van der Waals surface area (Å²) in [5, 5.41) is 0. The number of ether oxygens (including phenoxy) is 3. The van der Waals surface area contributed by atoms with E-state index >= 15 is 0 Å². The zero-order chi connectivity index (χ0) is 13.9. The fourth-order valence-electron chi connectivity index (χ4n) is 1.57. The van der Waals surface area contributed by atoms with Crippen molar-refractivity contribution < 1.29 is 18.6 Å². The summed E-state index contributed by atoms with van der Waals surface area (Å²) >= 11 is 2.25. The van der Waals surface area contributed by atoms with Gasteiger partial charge in [-0.1, -0.05) is 34.7 Å². The molecule has 1 unspecified atom stereocenters. The molecule has 0 spiro atoms. The Morgan fingerprint density at radius 3 is 2.74 bits per heavy atom. The highest BCUT2D eigenvalue weighted by atomic mass is 127. The van der Waals surface area contributed by atoms with Gasteiger partial charge in [-0.25, -0.2) is 4.39 Å². The number of methoxy groups -OCH3 is 1. The van der Waals surface area contributed by atoms with E-state index in [1.54, 1.807) is 13.2 Å². The molecule has 0 saturated heterocycles. The van der Waals surface area contributed by atoms with E-state index in [4.69, 9.17) is 14.2 Å². The maximum Gasteiger partial charge on any atom is 0.123 e. The quantitative estimate of drug-likeness (QED) is 0.353. The monoisotopic (exact) mass is 382 g/mol. The lowest BCUT2D eigenvalue weighted by Gasteiger charge is -2.16. The number of rotatable bonds is 10. The molecule has 0 aliphatic rings. The number of hydrogen-bond acceptors (Lipinski definition) is 3. The summed E-state index contributed by atoms with van der Waals surface area (Å²) in [6, 6.07) is 6.57. The highest BCUT2D eigenvalue weighted by Crippen LogP contribution is 2.20. The van der Waals surface area contributed by atoms with Crippen LogP contribution in [0.25, 0.3) is 0 Å². The Morgan fingerprint density at radius 2 is 2.05 bits per heavy atom. The van der Waals surface area contributed by atoms with E-state index in [9.17, 15) is 4.39 Å². The van der Waals surface area contributed by atoms with Crippen molar-refractivity contribution in [1.82, 2.24) is 0 Å². The number of hydrogen-bond donors (Lipinski definition) is 0. The topological polar surface area (TPSA) is 27.7 Å². The smallest absolute Gasteiger partial charge is 0.123 e. The second kappa shape index (κ2) is 10.5. The summed E-state index contributed by atoms with van der Waals surface area (Å²) in [5.74, 6) is -0.223. The van der Waals surface area contributed by atoms with Gasteiger partial charge in [-0.2, -0.15) is 0 Å². The minimum atomic E-state index is -0.223. The molecular formula is C14H20FIO3. The third-order valence-electron chi connectivity index (χ3n) is 2.54. The van der Waals surface area contributed by atoms with Crippen molar-refractivity contribution in [2.24, 2.45) is 0 Å². The molecule has 0 aliphatic heterocycles. The third-order valence-corrected chi connectivity index (χ3v) is 3.34. The fraction of sp³-hybridized carbons (Fsp3) is 0.571. The van der Waals surface area contributed by atoms with E-state index in [1.165, 1.54) is 12.1 Å². The molecule has 0 heterocycles. The molecule has 0 aliphatic carbocycles. The lowest BCUT2D eigenvalue weighted by molar-refractivity contribution is 0.0320. The summed E-state index contributed by atoms with van der Waals surface area (Å²) in [5.41, 5.74) is 0.884. The molecule has 1 rings (SSSR count). The molecule has 1 aromatic rings. The van der Waals surface area contributed by atoms with Gasteiger partial charge in [0.05, 0.1) is 19.3 Å². The van der Waals surface area contributed by atoms with Crippen LogP contribution >= 0.6 is 22.6 Å². The van der Waals surface area contributed by atoms with Crippen molar-refractivity contribution in [3.05, 3.63) is 35.6 Å². The van der Waals surface area contributed by atoms with Gasteiger partial charge < -0.3 is 14.2 Å². The Kier molecular flexibility index (Phi) is 9.32. The highest BCUT2D eigenvalue weighted by Gasteiger charge is 2.10. The van der Waals surface area contributed by atoms with Crippen LogP contribution in [-0.2, 0) is 14.2 Å². The van der Waals surface area contributed by atoms with Gasteiger partial charge in [0.2, 0.25) is 0 Å². The van der Waals surface area contributed by atoms with E-state index in [0.29, 0.717) is 26.4 Å². The molecule has 0 bridgehead atoms. The molecule has 3 nitrogen and oxygen atoms in total. The van der Waals surface area contributed by atoms with Gasteiger partial charge in [-0.05, 0) is 24.1 Å². The van der Waals surface area contributed by atoms with Crippen LogP contribution in [0.3, 0.4) is 0 Å². The van der Waals surface area contributed by atoms with Crippen LogP contribution in [0.1, 0.15) is 18.1 Å². The van der Waals surface area contributed by atoms with Gasteiger partial charge in [0, 0.05) is 24.8 Å². The lowest BCUT2D eigenvalue weighted by Crippen LogP contribution is -2.10. The van der Waals surface area contributed by atoms with Crippen molar-refractivity contribution in [3.8, 4) is 0 Å². The molecule has 5 heteroatoms. The zero-order valence-corrected chi connectivity index (χ0v) is 13.3. The van der Waals surface area contributed by atoms with Crippen molar-refractivity contribution in [1.29, 1.82) is 0 Å². The van der Waals surface area contributed by atoms with Crippen molar-refractivity contribution in [2.75, 3.05) is 38.0 Å². The molecule has 1 atom stereocenters. The van der Waals surface area contributed by atoms with Crippen LogP contribution in [0.15, 0.2) is 24.3 Å². The summed E-state index contributed by atoms with van der Waals surface area (Å²) in [7, 11) is 1.65. The predicted octanol–water partition coefficient (Wildman–Crippen LogP) is 3.37. The van der Waals surface area contributed by atoms with Gasteiger partial charge in [0.1, 0.15) is 5.82 Å². The Bertz CT molecular complexity index is 349. The molecule has 108 valence electrons. The Balaban J connectivity index is 2.22. The molecule has 0 saturated carbocycles. The first-order valence-corrected chi connectivity index (χ1v) is 7.80. The summed E-state index contributed by atoms with van der Waals surface area (Å²) < 4.78 is 29.9. The van der Waals surface area contributed by atoms with E-state index in [2.05, 4.69) is 22.6 Å². The predicted molar refractivity (Wildman–Crippen MR) is 81.3 cm³/mol. The zero-order valence-electron chi connectivity index (χ0n) is 11.1. The van der Waals surface area contributed by atoms with Gasteiger partial charge >= 0.3 is 0 Å². The third kappa shape index (κ3) is 7.20. The van der Waals surface area contributed by atoms with Gasteiger partial charge in [-0.15, -0.1) is 0 Å². The van der Waals surface area contributed by atoms with Crippen molar-refractivity contribution in [3.63, 3.8) is 0 Å². The van der Waals surface area contributed by atoms with Crippen molar-refractivity contribution in [2.45, 2.75) is 12.5 Å². The van der Waals surface area contributed by atoms with E-state index in [0.717, 1.165) is 16.4 Å². The van der Waals surface area contributed by atoms with Gasteiger partial charge in [0.15, 0.2) is 0 Å². The van der Waals surface area contributed by atoms with Gasteiger partial charge in [-0.3, -0.25) is 0 Å². The molecule has 19 heavy (non-hydrogen) atoms. The second-order valence-corrected chi connectivity index (χ2v) is 4.91. The summed E-state index contributed by atoms with van der Waals surface area (Å²) in [4.78, 5) is 0. The Morgan fingerprint density at radius 1 is 1.21 bits per heavy atom. The van der Waals surface area contributed by atoms with Gasteiger partial charge in [0.25, 0.3) is 0 Å². The standard InChI is InChI=1S/C14H20FIO3/c1-17-8-9-18-6-3-7-19-14(11-16)12-4-2-5-13(15)10-12/h2,4-5,10,14H,3,6-9,11H2,1H3.